The van der Waals surface area contributed by atoms with Crippen molar-refractivity contribution in [2.75, 3.05) is 6.61 Å². The molecule has 2 aliphatic rings. The van der Waals surface area contributed by atoms with Gasteiger partial charge in [-0.3, -0.25) is 4.90 Å². The van der Waals surface area contributed by atoms with E-state index in [9.17, 15) is 5.11 Å². The molecular formula is C15H21NO2. The molecule has 3 rings (SSSR count). The van der Waals surface area contributed by atoms with Crippen LogP contribution in [0.3, 0.4) is 0 Å². The van der Waals surface area contributed by atoms with Gasteiger partial charge in [-0.15, -0.1) is 0 Å². The maximum absolute atomic E-state index is 9.50. The molecule has 0 spiro atoms. The second kappa shape index (κ2) is 4.47. The molecule has 2 heterocycles. The van der Waals surface area contributed by atoms with Gasteiger partial charge in [0.2, 0.25) is 0 Å². The van der Waals surface area contributed by atoms with Gasteiger partial charge in [-0.25, -0.2) is 0 Å². The van der Waals surface area contributed by atoms with E-state index < -0.39 is 0 Å². The van der Waals surface area contributed by atoms with Crippen molar-refractivity contribution < 1.29 is 9.84 Å². The maximum atomic E-state index is 9.50. The van der Waals surface area contributed by atoms with Gasteiger partial charge in [0.05, 0.1) is 6.04 Å². The summed E-state index contributed by atoms with van der Waals surface area (Å²) >= 11 is 0. The highest BCUT2D eigenvalue weighted by molar-refractivity contribution is 5.44. The second-order valence-corrected chi connectivity index (χ2v) is 5.63. The van der Waals surface area contributed by atoms with E-state index in [0.29, 0.717) is 24.7 Å². The standard InChI is InChI=1S/C15H21NO2/c1-10-4-3-5-11(2)16(10)14-9-18-15-8-12(17)6-7-13(14)15/h6-8,10-11,14,17H,3-5,9H2,1-2H3/t10-,11+,14?. The Morgan fingerprint density at radius 3 is 2.67 bits per heavy atom. The van der Waals surface area contributed by atoms with Crippen molar-refractivity contribution in [1.29, 1.82) is 0 Å². The molecule has 3 heteroatoms. The van der Waals surface area contributed by atoms with E-state index in [1.165, 1.54) is 24.8 Å². The lowest BCUT2D eigenvalue weighted by atomic mass is 9.93. The monoisotopic (exact) mass is 247 g/mol. The number of likely N-dealkylation sites (tertiary alicyclic amines) is 1. The zero-order chi connectivity index (χ0) is 12.7. The Balaban J connectivity index is 1.91. The van der Waals surface area contributed by atoms with Gasteiger partial charge < -0.3 is 9.84 Å². The third-order valence-electron chi connectivity index (χ3n) is 4.37. The quantitative estimate of drug-likeness (QED) is 0.827. The molecule has 1 fully saturated rings. The first-order chi connectivity index (χ1) is 8.66. The molecule has 0 bridgehead atoms. The summed E-state index contributed by atoms with van der Waals surface area (Å²) in [4.78, 5) is 2.59. The third-order valence-corrected chi connectivity index (χ3v) is 4.37. The fourth-order valence-corrected chi connectivity index (χ4v) is 3.48. The topological polar surface area (TPSA) is 32.7 Å². The van der Waals surface area contributed by atoms with Gasteiger partial charge in [-0.2, -0.15) is 0 Å². The highest BCUT2D eigenvalue weighted by atomic mass is 16.5. The van der Waals surface area contributed by atoms with Gasteiger partial charge in [-0.05, 0) is 38.8 Å². The average Bonchev–Trinajstić information content (AvgIpc) is 2.72. The number of hydrogen-bond acceptors (Lipinski definition) is 3. The van der Waals surface area contributed by atoms with E-state index in [4.69, 9.17) is 4.74 Å². The number of piperidine rings is 1. The molecule has 1 aromatic rings. The summed E-state index contributed by atoms with van der Waals surface area (Å²) in [5, 5.41) is 9.50. The van der Waals surface area contributed by atoms with Gasteiger partial charge in [0.25, 0.3) is 0 Å². The molecule has 3 nitrogen and oxygen atoms in total. The third kappa shape index (κ3) is 1.87. The van der Waals surface area contributed by atoms with Gasteiger partial charge in [0.15, 0.2) is 0 Å². The number of hydrogen-bond donors (Lipinski definition) is 1. The molecule has 18 heavy (non-hydrogen) atoms. The van der Waals surface area contributed by atoms with Crippen LogP contribution >= 0.6 is 0 Å². The number of aromatic hydroxyl groups is 1. The number of rotatable bonds is 1. The fraction of sp³-hybridized carbons (Fsp3) is 0.600. The van der Waals surface area contributed by atoms with Gasteiger partial charge in [0.1, 0.15) is 18.1 Å². The number of phenolic OH excluding ortho intramolecular Hbond substituents is 1. The fourth-order valence-electron chi connectivity index (χ4n) is 3.48. The predicted octanol–water partition coefficient (Wildman–Crippen LogP) is 3.09. The number of nitrogens with zero attached hydrogens (tertiary/aromatic N) is 1. The van der Waals surface area contributed by atoms with E-state index in [0.717, 1.165) is 5.75 Å². The van der Waals surface area contributed by atoms with Crippen LogP contribution in [0.4, 0.5) is 0 Å². The minimum Gasteiger partial charge on any atom is -0.508 e. The summed E-state index contributed by atoms with van der Waals surface area (Å²) in [5.74, 6) is 1.14. The Labute approximate surface area is 108 Å². The number of benzene rings is 1. The van der Waals surface area contributed by atoms with E-state index in [1.807, 2.05) is 6.07 Å². The number of fused-ring (bicyclic) bond motifs is 1. The largest absolute Gasteiger partial charge is 0.508 e. The van der Waals surface area contributed by atoms with E-state index >= 15 is 0 Å². The maximum Gasteiger partial charge on any atom is 0.128 e. The van der Waals surface area contributed by atoms with Crippen LogP contribution in [0.5, 0.6) is 11.5 Å². The molecule has 0 saturated carbocycles. The molecule has 1 aromatic carbocycles. The van der Waals surface area contributed by atoms with E-state index in [-0.39, 0.29) is 5.75 Å². The SMILES string of the molecule is C[C@@H]1CCC[C@H](C)N1C1COc2cc(O)ccc21. The summed E-state index contributed by atoms with van der Waals surface area (Å²) in [7, 11) is 0. The van der Waals surface area contributed by atoms with Crippen molar-refractivity contribution in [2.45, 2.75) is 51.2 Å². The van der Waals surface area contributed by atoms with Crippen molar-refractivity contribution >= 4 is 0 Å². The van der Waals surface area contributed by atoms with Crippen molar-refractivity contribution in [3.05, 3.63) is 23.8 Å². The summed E-state index contributed by atoms with van der Waals surface area (Å²) < 4.78 is 5.74. The zero-order valence-electron chi connectivity index (χ0n) is 11.1. The highest BCUT2D eigenvalue weighted by Crippen LogP contribution is 2.41. The second-order valence-electron chi connectivity index (χ2n) is 5.63. The number of phenols is 1. The smallest absolute Gasteiger partial charge is 0.128 e. The highest BCUT2D eigenvalue weighted by Gasteiger charge is 2.36. The molecule has 2 aliphatic heterocycles. The van der Waals surface area contributed by atoms with Crippen LogP contribution in [0.2, 0.25) is 0 Å². The van der Waals surface area contributed by atoms with Gasteiger partial charge >= 0.3 is 0 Å². The Kier molecular flexibility index (Phi) is 2.94. The molecule has 3 atom stereocenters. The Morgan fingerprint density at radius 1 is 1.22 bits per heavy atom. The van der Waals surface area contributed by atoms with Crippen LogP contribution < -0.4 is 4.74 Å². The van der Waals surface area contributed by atoms with Crippen LogP contribution in [0.25, 0.3) is 0 Å². The van der Waals surface area contributed by atoms with Crippen LogP contribution in [0.1, 0.15) is 44.7 Å². The zero-order valence-corrected chi connectivity index (χ0v) is 11.1. The molecule has 0 amide bonds. The molecule has 1 unspecified atom stereocenters. The van der Waals surface area contributed by atoms with Crippen molar-refractivity contribution in [2.24, 2.45) is 0 Å². The van der Waals surface area contributed by atoms with E-state index in [2.05, 4.69) is 18.7 Å². The Bertz CT molecular complexity index is 436. The molecule has 0 aliphatic carbocycles. The number of ether oxygens (including phenoxy) is 1. The summed E-state index contributed by atoms with van der Waals surface area (Å²) in [5.41, 5.74) is 1.23. The summed E-state index contributed by atoms with van der Waals surface area (Å²) in [6.45, 7) is 5.34. The first kappa shape index (κ1) is 11.8. The molecule has 0 aromatic heterocycles. The lowest BCUT2D eigenvalue weighted by Crippen LogP contribution is -2.46. The Morgan fingerprint density at radius 2 is 1.94 bits per heavy atom. The van der Waals surface area contributed by atoms with Crippen molar-refractivity contribution in [3.8, 4) is 11.5 Å². The summed E-state index contributed by atoms with van der Waals surface area (Å²) in [6, 6.07) is 7.08. The van der Waals surface area contributed by atoms with Gasteiger partial charge in [-0.1, -0.05) is 6.42 Å². The molecule has 1 saturated heterocycles. The molecule has 0 radical (unpaired) electrons. The van der Waals surface area contributed by atoms with Crippen molar-refractivity contribution in [1.82, 2.24) is 4.90 Å². The average molecular weight is 247 g/mol. The van der Waals surface area contributed by atoms with Crippen LogP contribution in [0.15, 0.2) is 18.2 Å². The van der Waals surface area contributed by atoms with Crippen LogP contribution in [-0.4, -0.2) is 28.7 Å². The van der Waals surface area contributed by atoms with E-state index in [1.54, 1.807) is 12.1 Å². The van der Waals surface area contributed by atoms with Crippen LogP contribution in [0, 0.1) is 0 Å². The normalized spacial score (nSPS) is 32.0. The minimum atomic E-state index is 0.286. The van der Waals surface area contributed by atoms with Crippen molar-refractivity contribution in [3.63, 3.8) is 0 Å². The predicted molar refractivity (Wildman–Crippen MR) is 71.0 cm³/mol. The van der Waals surface area contributed by atoms with Crippen LogP contribution in [-0.2, 0) is 0 Å². The van der Waals surface area contributed by atoms with Gasteiger partial charge in [0, 0.05) is 23.7 Å². The Hall–Kier alpha value is -1.22. The summed E-state index contributed by atoms with van der Waals surface area (Å²) in [6.07, 6.45) is 3.87. The molecule has 98 valence electrons. The minimum absolute atomic E-state index is 0.286. The first-order valence-electron chi connectivity index (χ1n) is 6.90. The first-order valence-corrected chi connectivity index (χ1v) is 6.90. The lowest BCUT2D eigenvalue weighted by molar-refractivity contribution is 0.0441. The lowest BCUT2D eigenvalue weighted by Gasteiger charge is -2.42. The molecule has 1 N–H and O–H groups in total. The molecular weight excluding hydrogens is 226 g/mol.